The third-order valence-electron chi connectivity index (χ3n) is 5.09. The lowest BCUT2D eigenvalue weighted by Crippen LogP contribution is -2.39. The number of rotatable bonds is 2. The molecule has 1 fully saturated rings. The monoisotopic (exact) mass is 321 g/mol. The molecule has 5 nitrogen and oxygen atoms in total. The number of nitrogens with zero attached hydrogens (tertiary/aromatic N) is 3. The molecule has 0 bridgehead atoms. The van der Waals surface area contributed by atoms with E-state index in [0.29, 0.717) is 5.15 Å². The van der Waals surface area contributed by atoms with E-state index in [-0.39, 0.29) is 16.8 Å². The molecule has 22 heavy (non-hydrogen) atoms. The van der Waals surface area contributed by atoms with Crippen LogP contribution in [0.15, 0.2) is 18.6 Å². The predicted molar refractivity (Wildman–Crippen MR) is 83.9 cm³/mol. The van der Waals surface area contributed by atoms with Crippen LogP contribution in [-0.4, -0.2) is 27.4 Å². The number of methoxy groups -OCH3 is 1. The molecule has 0 amide bonds. The Morgan fingerprint density at radius 2 is 1.95 bits per heavy atom. The van der Waals surface area contributed by atoms with Gasteiger partial charge in [-0.2, -0.15) is 0 Å². The fourth-order valence-electron chi connectivity index (χ4n) is 3.37. The summed E-state index contributed by atoms with van der Waals surface area (Å²) in [6, 6.07) is 0. The summed E-state index contributed by atoms with van der Waals surface area (Å²) in [6.07, 6.45) is 8.71. The van der Waals surface area contributed by atoms with Gasteiger partial charge in [0.05, 0.1) is 18.7 Å². The SMILES string of the molecule is COC(=O)C1(C)CCC(C)(c2ncc3c(Cl)nccn23)CC1. The molecule has 0 aliphatic heterocycles. The Morgan fingerprint density at radius 3 is 2.59 bits per heavy atom. The Hall–Kier alpha value is -1.62. The first-order chi connectivity index (χ1) is 10.4. The van der Waals surface area contributed by atoms with Crippen LogP contribution in [0.25, 0.3) is 5.52 Å². The summed E-state index contributed by atoms with van der Waals surface area (Å²) >= 11 is 6.13. The Balaban J connectivity index is 1.92. The quantitative estimate of drug-likeness (QED) is 0.795. The molecule has 0 unspecified atom stereocenters. The van der Waals surface area contributed by atoms with Crippen molar-refractivity contribution in [2.24, 2.45) is 5.41 Å². The van der Waals surface area contributed by atoms with Crippen LogP contribution in [0.4, 0.5) is 0 Å². The maximum absolute atomic E-state index is 12.0. The van der Waals surface area contributed by atoms with Gasteiger partial charge < -0.3 is 4.74 Å². The summed E-state index contributed by atoms with van der Waals surface area (Å²) in [5.74, 6) is 0.869. The zero-order valence-corrected chi connectivity index (χ0v) is 13.9. The van der Waals surface area contributed by atoms with E-state index in [4.69, 9.17) is 16.3 Å². The van der Waals surface area contributed by atoms with E-state index in [9.17, 15) is 4.79 Å². The number of halogens is 1. The summed E-state index contributed by atoms with van der Waals surface area (Å²) in [6.45, 7) is 4.19. The Morgan fingerprint density at radius 1 is 1.27 bits per heavy atom. The van der Waals surface area contributed by atoms with E-state index in [1.165, 1.54) is 7.11 Å². The van der Waals surface area contributed by atoms with Crippen molar-refractivity contribution >= 4 is 23.1 Å². The van der Waals surface area contributed by atoms with Crippen molar-refractivity contribution in [2.75, 3.05) is 7.11 Å². The van der Waals surface area contributed by atoms with Gasteiger partial charge in [0.15, 0.2) is 5.15 Å². The highest BCUT2D eigenvalue weighted by molar-refractivity contribution is 6.32. The number of carbonyl (C=O) groups excluding carboxylic acids is 1. The molecule has 1 aliphatic carbocycles. The molecule has 2 aromatic heterocycles. The summed E-state index contributed by atoms with van der Waals surface area (Å²) in [5, 5.41) is 0.458. The van der Waals surface area contributed by atoms with Crippen molar-refractivity contribution in [1.82, 2.24) is 14.4 Å². The smallest absolute Gasteiger partial charge is 0.311 e. The minimum Gasteiger partial charge on any atom is -0.469 e. The first-order valence-corrected chi connectivity index (χ1v) is 7.84. The van der Waals surface area contributed by atoms with Crippen molar-refractivity contribution in [3.05, 3.63) is 29.6 Å². The predicted octanol–water partition coefficient (Wildman–Crippen LogP) is 3.39. The molecular formula is C16H20ClN3O2. The van der Waals surface area contributed by atoms with Crippen molar-refractivity contribution in [3.8, 4) is 0 Å². The first-order valence-electron chi connectivity index (χ1n) is 7.46. The van der Waals surface area contributed by atoms with E-state index < -0.39 is 0 Å². The number of aromatic nitrogens is 3. The molecular weight excluding hydrogens is 302 g/mol. The average Bonchev–Trinajstić information content (AvgIpc) is 2.96. The average molecular weight is 322 g/mol. The van der Waals surface area contributed by atoms with Gasteiger partial charge in [0.25, 0.3) is 0 Å². The minimum absolute atomic E-state index is 0.0787. The number of fused-ring (bicyclic) bond motifs is 1. The van der Waals surface area contributed by atoms with Gasteiger partial charge in [0.2, 0.25) is 0 Å². The van der Waals surface area contributed by atoms with Crippen LogP contribution in [-0.2, 0) is 14.9 Å². The van der Waals surface area contributed by atoms with Gasteiger partial charge in [-0.3, -0.25) is 9.20 Å². The van der Waals surface area contributed by atoms with Gasteiger partial charge >= 0.3 is 5.97 Å². The van der Waals surface area contributed by atoms with Crippen LogP contribution in [0, 0.1) is 5.41 Å². The molecule has 2 aromatic rings. The zero-order chi connectivity index (χ0) is 16.0. The Kier molecular flexibility index (Phi) is 3.63. The summed E-state index contributed by atoms with van der Waals surface area (Å²) in [4.78, 5) is 20.7. The van der Waals surface area contributed by atoms with Crippen LogP contribution < -0.4 is 0 Å². The highest BCUT2D eigenvalue weighted by atomic mass is 35.5. The van der Waals surface area contributed by atoms with Crippen LogP contribution in [0.3, 0.4) is 0 Å². The van der Waals surface area contributed by atoms with Gasteiger partial charge in [-0.15, -0.1) is 0 Å². The standard InChI is InChI=1S/C16H20ClN3O2/c1-15(4-6-16(2,7-5-15)14(21)22-3)13-19-10-11-12(17)18-8-9-20(11)13/h8-10H,4-7H2,1-3H3. The second kappa shape index (κ2) is 5.23. The van der Waals surface area contributed by atoms with Crippen LogP contribution >= 0.6 is 11.6 Å². The maximum Gasteiger partial charge on any atom is 0.311 e. The highest BCUT2D eigenvalue weighted by Gasteiger charge is 2.45. The van der Waals surface area contributed by atoms with Crippen LogP contribution in [0.5, 0.6) is 0 Å². The van der Waals surface area contributed by atoms with E-state index >= 15 is 0 Å². The number of esters is 1. The molecule has 1 saturated carbocycles. The molecule has 118 valence electrons. The lowest BCUT2D eigenvalue weighted by molar-refractivity contribution is -0.154. The molecule has 0 radical (unpaired) electrons. The van der Waals surface area contributed by atoms with E-state index in [1.807, 2.05) is 17.5 Å². The maximum atomic E-state index is 12.0. The molecule has 0 saturated heterocycles. The van der Waals surface area contributed by atoms with Crippen molar-refractivity contribution in [2.45, 2.75) is 44.9 Å². The number of imidazole rings is 1. The fraction of sp³-hybridized carbons (Fsp3) is 0.562. The van der Waals surface area contributed by atoms with Crippen LogP contribution in [0.2, 0.25) is 5.15 Å². The van der Waals surface area contributed by atoms with E-state index in [0.717, 1.165) is 37.0 Å². The number of carbonyl (C=O) groups is 1. The lowest BCUT2D eigenvalue weighted by Gasteiger charge is -2.40. The van der Waals surface area contributed by atoms with E-state index in [1.54, 1.807) is 12.4 Å². The second-order valence-electron chi connectivity index (χ2n) is 6.67. The zero-order valence-electron chi connectivity index (χ0n) is 13.1. The molecule has 1 aliphatic rings. The second-order valence-corrected chi connectivity index (χ2v) is 7.03. The van der Waals surface area contributed by atoms with Gasteiger partial charge in [-0.1, -0.05) is 18.5 Å². The van der Waals surface area contributed by atoms with Crippen molar-refractivity contribution in [3.63, 3.8) is 0 Å². The van der Waals surface area contributed by atoms with Crippen molar-refractivity contribution < 1.29 is 9.53 Å². The number of ether oxygens (including phenoxy) is 1. The van der Waals surface area contributed by atoms with Gasteiger partial charge in [-0.05, 0) is 32.6 Å². The van der Waals surface area contributed by atoms with Gasteiger partial charge in [0.1, 0.15) is 11.3 Å². The van der Waals surface area contributed by atoms with Crippen molar-refractivity contribution in [1.29, 1.82) is 0 Å². The van der Waals surface area contributed by atoms with Gasteiger partial charge in [0, 0.05) is 17.8 Å². The molecule has 0 spiro atoms. The Bertz CT molecular complexity index is 717. The van der Waals surface area contributed by atoms with E-state index in [2.05, 4.69) is 16.9 Å². The lowest BCUT2D eigenvalue weighted by atomic mass is 9.65. The molecule has 2 heterocycles. The molecule has 6 heteroatoms. The molecule has 3 rings (SSSR count). The molecule has 0 aromatic carbocycles. The van der Waals surface area contributed by atoms with Gasteiger partial charge in [-0.25, -0.2) is 9.97 Å². The molecule has 0 N–H and O–H groups in total. The first kappa shape index (κ1) is 15.3. The third kappa shape index (κ3) is 2.28. The Labute approximate surface area is 134 Å². The largest absolute Gasteiger partial charge is 0.469 e. The third-order valence-corrected chi connectivity index (χ3v) is 5.38. The number of hydrogen-bond donors (Lipinski definition) is 0. The molecule has 0 atom stereocenters. The number of hydrogen-bond acceptors (Lipinski definition) is 4. The topological polar surface area (TPSA) is 56.5 Å². The normalized spacial score (nSPS) is 28.7. The summed E-state index contributed by atoms with van der Waals surface area (Å²) in [7, 11) is 1.46. The highest BCUT2D eigenvalue weighted by Crippen LogP contribution is 2.47. The van der Waals surface area contributed by atoms with Crippen LogP contribution in [0.1, 0.15) is 45.4 Å². The fourth-order valence-corrected chi connectivity index (χ4v) is 3.57. The minimum atomic E-state index is -0.388. The summed E-state index contributed by atoms with van der Waals surface area (Å²) < 4.78 is 6.96. The summed E-state index contributed by atoms with van der Waals surface area (Å²) in [5.41, 5.74) is 0.354.